The first-order valence-electron chi connectivity index (χ1n) is 13.3. The molecule has 0 aliphatic carbocycles. The van der Waals surface area contributed by atoms with Crippen molar-refractivity contribution in [3.63, 3.8) is 0 Å². The van der Waals surface area contributed by atoms with Crippen molar-refractivity contribution in [2.24, 2.45) is 0 Å². The summed E-state index contributed by atoms with van der Waals surface area (Å²) in [5.74, 6) is 0.630. The molecule has 0 bridgehead atoms. The highest BCUT2D eigenvalue weighted by molar-refractivity contribution is 7.89. The Hall–Kier alpha value is -3.47. The predicted molar refractivity (Wildman–Crippen MR) is 155 cm³/mol. The number of hydrogen-bond acceptors (Lipinski definition) is 7. The molecule has 1 aromatic heterocycles. The maximum atomic E-state index is 13.2. The van der Waals surface area contributed by atoms with Gasteiger partial charge < -0.3 is 15.1 Å². The van der Waals surface area contributed by atoms with Crippen LogP contribution in [-0.4, -0.2) is 73.8 Å². The summed E-state index contributed by atoms with van der Waals surface area (Å²) >= 11 is 0. The normalized spacial score (nSPS) is 18.9. The molecule has 1 atom stereocenters. The van der Waals surface area contributed by atoms with Crippen molar-refractivity contribution in [1.29, 1.82) is 0 Å². The van der Waals surface area contributed by atoms with Crippen molar-refractivity contribution < 1.29 is 13.2 Å². The second-order valence-electron chi connectivity index (χ2n) is 10.4. The first-order valence-corrected chi connectivity index (χ1v) is 14.8. The number of fused-ring (bicyclic) bond motifs is 1. The van der Waals surface area contributed by atoms with Gasteiger partial charge in [-0.3, -0.25) is 9.69 Å². The lowest BCUT2D eigenvalue weighted by molar-refractivity contribution is -0.119. The van der Waals surface area contributed by atoms with E-state index in [4.69, 9.17) is 0 Å². The summed E-state index contributed by atoms with van der Waals surface area (Å²) in [6, 6.07) is 18.9. The maximum absolute atomic E-state index is 13.2. The second-order valence-corrected chi connectivity index (χ2v) is 12.4. The Morgan fingerprint density at radius 2 is 1.64 bits per heavy atom. The van der Waals surface area contributed by atoms with Crippen LogP contribution >= 0.6 is 0 Å². The van der Waals surface area contributed by atoms with E-state index in [1.165, 1.54) is 0 Å². The zero-order chi connectivity index (χ0) is 27.7. The quantitative estimate of drug-likeness (QED) is 0.479. The van der Waals surface area contributed by atoms with Crippen molar-refractivity contribution in [2.45, 2.75) is 44.3 Å². The molecule has 5 rings (SSSR count). The van der Waals surface area contributed by atoms with Gasteiger partial charge in [-0.25, -0.2) is 13.4 Å². The minimum absolute atomic E-state index is 0.0170. The largest absolute Gasteiger partial charge is 0.354 e. The molecule has 0 radical (unpaired) electrons. The molecule has 9 nitrogen and oxygen atoms in total. The summed E-state index contributed by atoms with van der Waals surface area (Å²) in [4.78, 5) is 23.8. The average Bonchev–Trinajstić information content (AvgIpc) is 2.95. The predicted octanol–water partition coefficient (Wildman–Crippen LogP) is 3.91. The third-order valence-electron chi connectivity index (χ3n) is 7.65. The number of nitrogens with zero attached hydrogens (tertiary/aromatic N) is 5. The van der Waals surface area contributed by atoms with E-state index in [1.807, 2.05) is 31.2 Å². The number of rotatable bonds is 7. The molecule has 1 fully saturated rings. The van der Waals surface area contributed by atoms with Crippen molar-refractivity contribution in [1.82, 2.24) is 14.2 Å². The van der Waals surface area contributed by atoms with Gasteiger partial charge >= 0.3 is 0 Å². The molecule has 206 valence electrons. The smallest absolute Gasteiger partial charge is 0.249 e. The number of amides is 1. The highest BCUT2D eigenvalue weighted by Crippen LogP contribution is 2.38. The lowest BCUT2D eigenvalue weighted by Crippen LogP contribution is -2.50. The second kappa shape index (κ2) is 11.0. The Morgan fingerprint density at radius 3 is 2.28 bits per heavy atom. The van der Waals surface area contributed by atoms with Crippen LogP contribution < -0.4 is 15.1 Å². The van der Waals surface area contributed by atoms with Gasteiger partial charge in [0, 0.05) is 57.6 Å². The molecule has 3 heterocycles. The van der Waals surface area contributed by atoms with Gasteiger partial charge in [0.05, 0.1) is 22.5 Å². The molecule has 2 aromatic carbocycles. The SMILES string of the molecule is CC(C)N1CCN(S(=O)(=O)c2ccc(Nc3cc4c(cn3)N(C)C(=O)[C@@H](C)N4Cc3ccccc3)cc2)CC1. The molecule has 39 heavy (non-hydrogen) atoms. The molecule has 10 heteroatoms. The summed E-state index contributed by atoms with van der Waals surface area (Å²) in [7, 11) is -1.78. The highest BCUT2D eigenvalue weighted by Gasteiger charge is 2.34. The number of likely N-dealkylation sites (N-methyl/N-ethyl adjacent to an activating group) is 1. The fourth-order valence-corrected chi connectivity index (χ4v) is 6.63. The van der Waals surface area contributed by atoms with Crippen LogP contribution in [0.1, 0.15) is 26.3 Å². The molecule has 1 saturated heterocycles. The zero-order valence-electron chi connectivity index (χ0n) is 22.9. The first kappa shape index (κ1) is 27.1. The molecular formula is C29H36N6O3S. The van der Waals surface area contributed by atoms with E-state index < -0.39 is 10.0 Å². The monoisotopic (exact) mass is 548 g/mol. The van der Waals surface area contributed by atoms with Gasteiger partial charge in [0.1, 0.15) is 11.9 Å². The minimum atomic E-state index is -3.55. The number of nitrogens with one attached hydrogen (secondary N) is 1. The molecule has 2 aliphatic heterocycles. The lowest BCUT2D eigenvalue weighted by Gasteiger charge is -2.40. The summed E-state index contributed by atoms with van der Waals surface area (Å²) in [5, 5.41) is 3.30. The molecule has 0 saturated carbocycles. The summed E-state index contributed by atoms with van der Waals surface area (Å²) < 4.78 is 28.0. The third-order valence-corrected chi connectivity index (χ3v) is 9.56. The van der Waals surface area contributed by atoms with E-state index in [2.05, 4.69) is 46.1 Å². The number of piperazine rings is 1. The van der Waals surface area contributed by atoms with E-state index in [0.717, 1.165) is 35.7 Å². The number of anilines is 4. The zero-order valence-corrected chi connectivity index (χ0v) is 23.7. The number of carbonyl (C=O) groups is 1. The standard InChI is InChI=1S/C29H36N6O3S/c1-21(2)33-14-16-34(17-15-33)39(37,38)25-12-10-24(11-13-25)31-28-18-26-27(19-30-28)32(4)29(36)22(3)35(26)20-23-8-6-5-7-9-23/h5-13,18-19,21-22H,14-17,20H2,1-4H3,(H,30,31)/t22-/m1/s1. The van der Waals surface area contributed by atoms with Gasteiger partial charge in [-0.1, -0.05) is 30.3 Å². The molecule has 0 spiro atoms. The maximum Gasteiger partial charge on any atom is 0.249 e. The van der Waals surface area contributed by atoms with Gasteiger partial charge in [0.2, 0.25) is 15.9 Å². The van der Waals surface area contributed by atoms with E-state index in [0.29, 0.717) is 31.5 Å². The van der Waals surface area contributed by atoms with Crippen LogP contribution in [-0.2, 0) is 21.4 Å². The van der Waals surface area contributed by atoms with Crippen LogP contribution in [0, 0.1) is 0 Å². The van der Waals surface area contributed by atoms with E-state index >= 15 is 0 Å². The Balaban J connectivity index is 1.34. The molecule has 3 aromatic rings. The fourth-order valence-electron chi connectivity index (χ4n) is 5.21. The summed E-state index contributed by atoms with van der Waals surface area (Å²) in [5.41, 5.74) is 3.50. The molecule has 0 unspecified atom stereocenters. The Bertz CT molecular complexity index is 1420. The molecule has 1 amide bonds. The van der Waals surface area contributed by atoms with Gasteiger partial charge in [-0.15, -0.1) is 0 Å². The van der Waals surface area contributed by atoms with Crippen molar-refractivity contribution >= 4 is 38.8 Å². The Kier molecular flexibility index (Phi) is 7.61. The van der Waals surface area contributed by atoms with Crippen LogP contribution in [0.3, 0.4) is 0 Å². The van der Waals surface area contributed by atoms with Crippen LogP contribution in [0.4, 0.5) is 22.9 Å². The highest BCUT2D eigenvalue weighted by atomic mass is 32.2. The van der Waals surface area contributed by atoms with E-state index in [1.54, 1.807) is 46.7 Å². The number of benzene rings is 2. The number of pyridine rings is 1. The summed E-state index contributed by atoms with van der Waals surface area (Å²) in [6.07, 6.45) is 1.70. The molecule has 1 N–H and O–H groups in total. The van der Waals surface area contributed by atoms with Gasteiger partial charge in [0.15, 0.2) is 0 Å². The lowest BCUT2D eigenvalue weighted by atomic mass is 10.1. The molecular weight excluding hydrogens is 512 g/mol. The third kappa shape index (κ3) is 5.50. The summed E-state index contributed by atoms with van der Waals surface area (Å²) in [6.45, 7) is 9.24. The first-order chi connectivity index (χ1) is 18.6. The van der Waals surface area contributed by atoms with E-state index in [9.17, 15) is 13.2 Å². The van der Waals surface area contributed by atoms with Crippen LogP contribution in [0.15, 0.2) is 71.8 Å². The fraction of sp³-hybridized carbons (Fsp3) is 0.379. The van der Waals surface area contributed by atoms with Crippen LogP contribution in [0.5, 0.6) is 0 Å². The van der Waals surface area contributed by atoms with Crippen molar-refractivity contribution in [2.75, 3.05) is 48.3 Å². The van der Waals surface area contributed by atoms with Crippen molar-refractivity contribution in [3.8, 4) is 0 Å². The minimum Gasteiger partial charge on any atom is -0.354 e. The van der Waals surface area contributed by atoms with Gasteiger partial charge in [-0.05, 0) is 50.6 Å². The number of hydrogen-bond donors (Lipinski definition) is 1. The Morgan fingerprint density at radius 1 is 0.974 bits per heavy atom. The van der Waals surface area contributed by atoms with Crippen LogP contribution in [0.2, 0.25) is 0 Å². The number of aromatic nitrogens is 1. The van der Waals surface area contributed by atoms with Crippen LogP contribution in [0.25, 0.3) is 0 Å². The van der Waals surface area contributed by atoms with Crippen molar-refractivity contribution in [3.05, 3.63) is 72.4 Å². The van der Waals surface area contributed by atoms with E-state index in [-0.39, 0.29) is 16.8 Å². The topological polar surface area (TPSA) is 89.1 Å². The number of sulfonamides is 1. The van der Waals surface area contributed by atoms with Gasteiger partial charge in [0.25, 0.3) is 0 Å². The Labute approximate surface area is 231 Å². The number of carbonyl (C=O) groups excluding carboxylic acids is 1. The molecule has 2 aliphatic rings. The van der Waals surface area contributed by atoms with Gasteiger partial charge in [-0.2, -0.15) is 4.31 Å². The average molecular weight is 549 g/mol.